The third-order valence-corrected chi connectivity index (χ3v) is 6.54. The van der Waals surface area contributed by atoms with Crippen molar-refractivity contribution in [3.63, 3.8) is 0 Å². The molecule has 1 aliphatic heterocycles. The van der Waals surface area contributed by atoms with Gasteiger partial charge in [-0.05, 0) is 43.0 Å². The van der Waals surface area contributed by atoms with Crippen LogP contribution in [0.3, 0.4) is 0 Å². The van der Waals surface area contributed by atoms with Gasteiger partial charge in [-0.1, -0.05) is 48.0 Å². The van der Waals surface area contributed by atoms with E-state index in [1.54, 1.807) is 12.1 Å². The Bertz CT molecular complexity index is 821. The van der Waals surface area contributed by atoms with Crippen molar-refractivity contribution >= 4 is 34.0 Å². The molecule has 2 aromatic rings. The summed E-state index contributed by atoms with van der Waals surface area (Å²) in [5, 5.41) is 0.473. The van der Waals surface area contributed by atoms with Gasteiger partial charge in [0.1, 0.15) is 0 Å². The van der Waals surface area contributed by atoms with Crippen molar-refractivity contribution < 1.29 is 8.42 Å². The normalized spacial score (nSPS) is 16.2. The van der Waals surface area contributed by atoms with Crippen LogP contribution in [0.25, 0.3) is 0 Å². The summed E-state index contributed by atoms with van der Waals surface area (Å²) >= 11 is 6.06. The first-order chi connectivity index (χ1) is 11.9. The summed E-state index contributed by atoms with van der Waals surface area (Å²) in [5.41, 5.74) is 2.16. The molecular formula is C19H24Cl2N2O2S. The minimum absolute atomic E-state index is 0. The molecule has 7 heteroatoms. The van der Waals surface area contributed by atoms with E-state index < -0.39 is 10.0 Å². The predicted octanol–water partition coefficient (Wildman–Crippen LogP) is 4.01. The van der Waals surface area contributed by atoms with Gasteiger partial charge in [0.05, 0.1) is 4.90 Å². The number of hydrogen-bond donors (Lipinski definition) is 1. The fourth-order valence-electron chi connectivity index (χ4n) is 3.08. The van der Waals surface area contributed by atoms with Crippen LogP contribution in [0.2, 0.25) is 5.02 Å². The maximum absolute atomic E-state index is 12.6. The highest BCUT2D eigenvalue weighted by molar-refractivity contribution is 7.89. The van der Waals surface area contributed by atoms with E-state index in [-0.39, 0.29) is 23.3 Å². The molecular weight excluding hydrogens is 391 g/mol. The summed E-state index contributed by atoms with van der Waals surface area (Å²) in [6.45, 7) is 4.54. The maximum atomic E-state index is 12.6. The lowest BCUT2D eigenvalue weighted by atomic mass is 10.1. The van der Waals surface area contributed by atoms with Gasteiger partial charge in [0.2, 0.25) is 10.0 Å². The topological polar surface area (TPSA) is 49.4 Å². The van der Waals surface area contributed by atoms with Crippen molar-refractivity contribution in [3.8, 4) is 0 Å². The number of sulfonamides is 1. The summed E-state index contributed by atoms with van der Waals surface area (Å²) in [6, 6.07) is 15.2. The Morgan fingerprint density at radius 3 is 2.38 bits per heavy atom. The molecule has 0 spiro atoms. The van der Waals surface area contributed by atoms with Crippen LogP contribution in [-0.4, -0.2) is 32.4 Å². The molecule has 0 aliphatic carbocycles. The molecule has 0 unspecified atom stereocenters. The van der Waals surface area contributed by atoms with Crippen LogP contribution in [0.1, 0.15) is 24.0 Å². The first kappa shape index (κ1) is 21.2. The van der Waals surface area contributed by atoms with E-state index in [0.717, 1.165) is 38.0 Å². The number of piperidine rings is 1. The number of nitrogens with one attached hydrogen (secondary N) is 1. The Labute approximate surface area is 167 Å². The van der Waals surface area contributed by atoms with E-state index in [0.29, 0.717) is 5.02 Å². The Kier molecular flexibility index (Phi) is 7.50. The number of aryl methyl sites for hydroxylation is 1. The Hall–Kier alpha value is -1.11. The quantitative estimate of drug-likeness (QED) is 0.803. The third kappa shape index (κ3) is 5.44. The standard InChI is InChI=1S/C19H23ClN2O2S.ClH/c1-15-7-8-18(13-19(15)20)25(23,24)21-17-9-11-22(12-10-17)14-16-5-3-2-4-6-16;/h2-8,13,17,21H,9-12,14H2,1H3;1H. The van der Waals surface area contributed by atoms with Gasteiger partial charge in [-0.3, -0.25) is 4.90 Å². The van der Waals surface area contributed by atoms with Crippen molar-refractivity contribution in [1.29, 1.82) is 0 Å². The van der Waals surface area contributed by atoms with Gasteiger partial charge in [0.15, 0.2) is 0 Å². The Balaban J connectivity index is 0.00000243. The number of benzene rings is 2. The lowest BCUT2D eigenvalue weighted by molar-refractivity contribution is 0.200. The molecule has 0 radical (unpaired) electrons. The fraction of sp³-hybridized carbons (Fsp3) is 0.368. The number of halogens is 2. The van der Waals surface area contributed by atoms with Crippen LogP contribution in [0.5, 0.6) is 0 Å². The van der Waals surface area contributed by atoms with Gasteiger partial charge in [-0.2, -0.15) is 0 Å². The highest BCUT2D eigenvalue weighted by Crippen LogP contribution is 2.21. The molecule has 0 atom stereocenters. The number of nitrogens with zero attached hydrogens (tertiary/aromatic N) is 1. The smallest absolute Gasteiger partial charge is 0.240 e. The minimum atomic E-state index is -3.53. The highest BCUT2D eigenvalue weighted by Gasteiger charge is 2.25. The van der Waals surface area contributed by atoms with E-state index >= 15 is 0 Å². The van der Waals surface area contributed by atoms with Gasteiger partial charge >= 0.3 is 0 Å². The van der Waals surface area contributed by atoms with Crippen LogP contribution in [0.4, 0.5) is 0 Å². The summed E-state index contributed by atoms with van der Waals surface area (Å²) in [7, 11) is -3.53. The first-order valence-electron chi connectivity index (χ1n) is 8.49. The molecule has 0 amide bonds. The monoisotopic (exact) mass is 414 g/mol. The van der Waals surface area contributed by atoms with Crippen LogP contribution in [0.15, 0.2) is 53.4 Å². The molecule has 1 saturated heterocycles. The van der Waals surface area contributed by atoms with Crippen molar-refractivity contribution in [3.05, 3.63) is 64.7 Å². The molecule has 1 N–H and O–H groups in total. The average molecular weight is 415 g/mol. The predicted molar refractivity (Wildman–Crippen MR) is 108 cm³/mol. The second kappa shape index (κ2) is 9.20. The molecule has 1 heterocycles. The highest BCUT2D eigenvalue weighted by atomic mass is 35.5. The van der Waals surface area contributed by atoms with Crippen LogP contribution < -0.4 is 4.72 Å². The molecule has 26 heavy (non-hydrogen) atoms. The van der Waals surface area contributed by atoms with Gasteiger partial charge in [-0.15, -0.1) is 12.4 Å². The maximum Gasteiger partial charge on any atom is 0.240 e. The average Bonchev–Trinajstić information content (AvgIpc) is 2.60. The molecule has 4 nitrogen and oxygen atoms in total. The zero-order valence-corrected chi connectivity index (χ0v) is 17.1. The molecule has 2 aromatic carbocycles. The van der Waals surface area contributed by atoms with Gasteiger partial charge in [-0.25, -0.2) is 13.1 Å². The molecule has 0 bridgehead atoms. The Morgan fingerprint density at radius 1 is 1.12 bits per heavy atom. The second-order valence-corrected chi connectivity index (χ2v) is 8.69. The van der Waals surface area contributed by atoms with Crippen molar-refractivity contribution in [1.82, 2.24) is 9.62 Å². The molecule has 3 rings (SSSR count). The zero-order chi connectivity index (χ0) is 17.9. The number of likely N-dealkylation sites (tertiary alicyclic amines) is 1. The van der Waals surface area contributed by atoms with Crippen LogP contribution >= 0.6 is 24.0 Å². The van der Waals surface area contributed by atoms with Crippen molar-refractivity contribution in [2.75, 3.05) is 13.1 Å². The number of rotatable bonds is 5. The van der Waals surface area contributed by atoms with E-state index in [1.807, 2.05) is 25.1 Å². The lowest BCUT2D eigenvalue weighted by Gasteiger charge is -2.32. The van der Waals surface area contributed by atoms with Crippen LogP contribution in [0, 0.1) is 6.92 Å². The molecule has 0 saturated carbocycles. The summed E-state index contributed by atoms with van der Waals surface area (Å²) in [4.78, 5) is 2.60. The summed E-state index contributed by atoms with van der Waals surface area (Å²) in [5.74, 6) is 0. The zero-order valence-electron chi connectivity index (χ0n) is 14.7. The molecule has 142 valence electrons. The van der Waals surface area contributed by atoms with Crippen molar-refractivity contribution in [2.45, 2.75) is 37.2 Å². The first-order valence-corrected chi connectivity index (χ1v) is 10.3. The fourth-order valence-corrected chi connectivity index (χ4v) is 4.65. The second-order valence-electron chi connectivity index (χ2n) is 6.57. The molecule has 1 fully saturated rings. The van der Waals surface area contributed by atoms with E-state index in [9.17, 15) is 8.42 Å². The largest absolute Gasteiger partial charge is 0.299 e. The SMILES string of the molecule is Cc1ccc(S(=O)(=O)NC2CCN(Cc3ccccc3)CC2)cc1Cl.Cl. The third-order valence-electron chi connectivity index (χ3n) is 4.61. The molecule has 1 aliphatic rings. The lowest BCUT2D eigenvalue weighted by Crippen LogP contribution is -2.44. The summed E-state index contributed by atoms with van der Waals surface area (Å²) < 4.78 is 27.9. The van der Waals surface area contributed by atoms with Crippen molar-refractivity contribution in [2.24, 2.45) is 0 Å². The molecule has 0 aromatic heterocycles. The van der Waals surface area contributed by atoms with Gasteiger partial charge in [0, 0.05) is 30.7 Å². The minimum Gasteiger partial charge on any atom is -0.299 e. The van der Waals surface area contributed by atoms with E-state index in [4.69, 9.17) is 11.6 Å². The summed E-state index contributed by atoms with van der Waals surface area (Å²) in [6.07, 6.45) is 1.62. The van der Waals surface area contributed by atoms with Crippen LogP contribution in [-0.2, 0) is 16.6 Å². The van der Waals surface area contributed by atoms with E-state index in [2.05, 4.69) is 21.8 Å². The number of hydrogen-bond acceptors (Lipinski definition) is 3. The van der Waals surface area contributed by atoms with Gasteiger partial charge < -0.3 is 0 Å². The van der Waals surface area contributed by atoms with Gasteiger partial charge in [0.25, 0.3) is 0 Å². The van der Waals surface area contributed by atoms with E-state index in [1.165, 1.54) is 11.6 Å². The Morgan fingerprint density at radius 2 is 1.77 bits per heavy atom.